The molecule has 1 aliphatic heterocycles. The lowest BCUT2D eigenvalue weighted by Crippen LogP contribution is -2.51. The van der Waals surface area contributed by atoms with E-state index in [9.17, 15) is 18.3 Å². The van der Waals surface area contributed by atoms with Crippen molar-refractivity contribution in [1.29, 1.82) is 0 Å². The quantitative estimate of drug-likeness (QED) is 0.408. The number of amides is 1. The van der Waals surface area contributed by atoms with E-state index in [4.69, 9.17) is 14.2 Å². The first kappa shape index (κ1) is 29.3. The molecule has 1 aliphatic carbocycles. The number of aliphatic hydroxyl groups is 1. The first-order valence-electron chi connectivity index (χ1n) is 13.6. The molecule has 2 aliphatic rings. The van der Waals surface area contributed by atoms with Gasteiger partial charge in [-0.25, -0.2) is 13.2 Å². The summed E-state index contributed by atoms with van der Waals surface area (Å²) in [7, 11) is -2.40. The van der Waals surface area contributed by atoms with Gasteiger partial charge in [-0.15, -0.1) is 0 Å². The summed E-state index contributed by atoms with van der Waals surface area (Å²) in [6, 6.07) is 14.9. The summed E-state index contributed by atoms with van der Waals surface area (Å²) in [5.74, 6) is 0.980. The summed E-state index contributed by atoms with van der Waals surface area (Å²) in [6.45, 7) is 4.61. The number of alkyl carbamates (subject to hydrolysis) is 1. The molecule has 0 spiro atoms. The summed E-state index contributed by atoms with van der Waals surface area (Å²) in [5.41, 5.74) is 0.902. The highest BCUT2D eigenvalue weighted by Gasteiger charge is 2.40. The molecule has 0 unspecified atom stereocenters. The summed E-state index contributed by atoms with van der Waals surface area (Å²) in [6.07, 6.45) is 0.843. The lowest BCUT2D eigenvalue weighted by molar-refractivity contribution is 0.0554. The number of aliphatic hydroxyl groups excluding tert-OH is 1. The van der Waals surface area contributed by atoms with Crippen LogP contribution >= 0.6 is 0 Å². The second-order valence-electron chi connectivity index (χ2n) is 10.9. The van der Waals surface area contributed by atoms with E-state index in [1.807, 2.05) is 44.2 Å². The maximum absolute atomic E-state index is 13.6. The summed E-state index contributed by atoms with van der Waals surface area (Å²) in [4.78, 5) is 13.0. The van der Waals surface area contributed by atoms with E-state index in [-0.39, 0.29) is 36.1 Å². The Kier molecular flexibility index (Phi) is 9.87. The zero-order valence-corrected chi connectivity index (χ0v) is 23.7. The molecule has 4 rings (SSSR count). The van der Waals surface area contributed by atoms with Crippen molar-refractivity contribution in [3.05, 3.63) is 60.2 Å². The largest absolute Gasteiger partial charge is 0.497 e. The Morgan fingerprint density at radius 2 is 1.82 bits per heavy atom. The van der Waals surface area contributed by atoms with E-state index < -0.39 is 28.3 Å². The maximum Gasteiger partial charge on any atom is 0.407 e. The number of methoxy groups -OCH3 is 1. The van der Waals surface area contributed by atoms with E-state index in [2.05, 4.69) is 5.32 Å². The lowest BCUT2D eigenvalue weighted by Gasteiger charge is -2.31. The van der Waals surface area contributed by atoms with Crippen molar-refractivity contribution >= 4 is 16.1 Å². The first-order valence-corrected chi connectivity index (χ1v) is 15.0. The number of carbonyl (C=O) groups is 1. The Hall–Kier alpha value is -2.66. The van der Waals surface area contributed by atoms with Gasteiger partial charge in [-0.2, -0.15) is 4.31 Å². The normalized spacial score (nSPS) is 22.5. The minimum atomic E-state index is -3.92. The number of ether oxygens (including phenoxy) is 3. The molecule has 1 saturated heterocycles. The number of hydrogen-bond donors (Lipinski definition) is 2. The van der Waals surface area contributed by atoms with Gasteiger partial charge in [0.1, 0.15) is 11.9 Å². The summed E-state index contributed by atoms with van der Waals surface area (Å²) >= 11 is 0. The Morgan fingerprint density at radius 3 is 2.46 bits per heavy atom. The number of rotatable bonds is 12. The summed E-state index contributed by atoms with van der Waals surface area (Å²) in [5, 5.41) is 14.2. The maximum atomic E-state index is 13.6. The fourth-order valence-electron chi connectivity index (χ4n) is 5.41. The molecule has 10 heteroatoms. The van der Waals surface area contributed by atoms with Gasteiger partial charge in [0.15, 0.2) is 0 Å². The molecule has 214 valence electrons. The van der Waals surface area contributed by atoms with Crippen LogP contribution in [0, 0.1) is 11.8 Å². The van der Waals surface area contributed by atoms with Gasteiger partial charge in [0.2, 0.25) is 10.0 Å². The molecule has 2 fully saturated rings. The number of benzene rings is 2. The third-order valence-corrected chi connectivity index (χ3v) is 9.25. The van der Waals surface area contributed by atoms with E-state index in [1.54, 1.807) is 12.1 Å². The number of fused-ring (bicyclic) bond motifs is 1. The van der Waals surface area contributed by atoms with Crippen molar-refractivity contribution in [2.75, 3.05) is 26.8 Å². The molecular weight excluding hydrogens is 520 g/mol. The molecule has 1 saturated carbocycles. The van der Waals surface area contributed by atoms with Crippen LogP contribution in [0.3, 0.4) is 0 Å². The van der Waals surface area contributed by atoms with Gasteiger partial charge in [-0.3, -0.25) is 0 Å². The molecule has 0 bridgehead atoms. The van der Waals surface area contributed by atoms with Crippen LogP contribution in [0.5, 0.6) is 5.75 Å². The smallest absolute Gasteiger partial charge is 0.407 e. The Labute approximate surface area is 231 Å². The van der Waals surface area contributed by atoms with Crippen LogP contribution in [-0.4, -0.2) is 75.1 Å². The Balaban J connectivity index is 1.49. The van der Waals surface area contributed by atoms with E-state index in [0.717, 1.165) is 25.0 Å². The highest BCUT2D eigenvalue weighted by Crippen LogP contribution is 2.37. The Morgan fingerprint density at radius 1 is 1.10 bits per heavy atom. The predicted octanol–water partition coefficient (Wildman–Crippen LogP) is 3.61. The molecule has 0 aromatic heterocycles. The van der Waals surface area contributed by atoms with Crippen molar-refractivity contribution < 1.29 is 32.5 Å². The van der Waals surface area contributed by atoms with Crippen molar-refractivity contribution in [1.82, 2.24) is 9.62 Å². The number of nitrogens with one attached hydrogen (secondary N) is 1. The monoisotopic (exact) mass is 560 g/mol. The zero-order chi connectivity index (χ0) is 28.0. The molecule has 39 heavy (non-hydrogen) atoms. The van der Waals surface area contributed by atoms with E-state index >= 15 is 0 Å². The highest BCUT2D eigenvalue weighted by atomic mass is 32.2. The number of sulfonamides is 1. The average molecular weight is 561 g/mol. The SMILES string of the molecule is COc1ccc(S(=O)(=O)N(CC(C)C)C[C@@H](O)[C@H](Cc2ccccc2)NC(=O)O[C@@H]2C[C@@H]3CCO[C@@H]3C2)cc1. The van der Waals surface area contributed by atoms with Gasteiger partial charge in [-0.05, 0) is 60.9 Å². The van der Waals surface area contributed by atoms with E-state index in [0.29, 0.717) is 24.5 Å². The molecule has 0 radical (unpaired) electrons. The molecule has 2 N–H and O–H groups in total. The van der Waals surface area contributed by atoms with Gasteiger partial charge in [0.25, 0.3) is 0 Å². The van der Waals surface area contributed by atoms with E-state index in [1.165, 1.54) is 23.5 Å². The van der Waals surface area contributed by atoms with Gasteiger partial charge in [-0.1, -0.05) is 44.2 Å². The second-order valence-corrected chi connectivity index (χ2v) is 12.8. The van der Waals surface area contributed by atoms with Crippen molar-refractivity contribution in [2.24, 2.45) is 11.8 Å². The molecule has 1 amide bonds. The van der Waals surface area contributed by atoms with Crippen LogP contribution in [0.2, 0.25) is 0 Å². The van der Waals surface area contributed by atoms with Crippen LogP contribution in [0.1, 0.15) is 38.7 Å². The minimum Gasteiger partial charge on any atom is -0.497 e. The average Bonchev–Trinajstić information content (AvgIpc) is 3.50. The number of hydrogen-bond acceptors (Lipinski definition) is 7. The predicted molar refractivity (Wildman–Crippen MR) is 147 cm³/mol. The van der Waals surface area contributed by atoms with Crippen LogP contribution in [-0.2, 0) is 25.9 Å². The topological polar surface area (TPSA) is 114 Å². The minimum absolute atomic E-state index is 0.0137. The van der Waals surface area contributed by atoms with Crippen LogP contribution in [0.25, 0.3) is 0 Å². The molecule has 5 atom stereocenters. The fourth-order valence-corrected chi connectivity index (χ4v) is 7.03. The van der Waals surface area contributed by atoms with Crippen molar-refractivity contribution in [3.63, 3.8) is 0 Å². The molecular formula is C29H40N2O7S. The van der Waals surface area contributed by atoms with Gasteiger partial charge >= 0.3 is 6.09 Å². The molecule has 9 nitrogen and oxygen atoms in total. The summed E-state index contributed by atoms with van der Waals surface area (Å²) < 4.78 is 45.0. The van der Waals surface area contributed by atoms with Crippen LogP contribution in [0.15, 0.2) is 59.5 Å². The molecule has 2 aromatic carbocycles. The first-order chi connectivity index (χ1) is 18.7. The van der Waals surface area contributed by atoms with Crippen molar-refractivity contribution in [3.8, 4) is 5.75 Å². The van der Waals surface area contributed by atoms with Gasteiger partial charge in [0, 0.05) is 26.1 Å². The standard InChI is InChI=1S/C29H40N2O7S/c1-20(2)18-31(39(34,35)25-11-9-23(36-3)10-12-25)19-27(32)26(15-21-7-5-4-6-8-21)30-29(33)38-24-16-22-13-14-37-28(22)17-24/h4-12,20,22,24,26-28,32H,13-19H2,1-3H3,(H,30,33)/t22-,24+,26-,27+,28+/m0/s1. The second kappa shape index (κ2) is 13.1. The molecule has 2 aromatic rings. The third kappa shape index (κ3) is 7.72. The number of carbonyl (C=O) groups excluding carboxylic acids is 1. The van der Waals surface area contributed by atoms with Crippen LogP contribution < -0.4 is 10.1 Å². The van der Waals surface area contributed by atoms with Crippen molar-refractivity contribution in [2.45, 2.75) is 68.8 Å². The zero-order valence-electron chi connectivity index (χ0n) is 22.9. The van der Waals surface area contributed by atoms with Gasteiger partial charge < -0.3 is 24.6 Å². The fraction of sp³-hybridized carbons (Fsp3) is 0.552. The Bertz CT molecular complexity index is 1160. The van der Waals surface area contributed by atoms with Crippen LogP contribution in [0.4, 0.5) is 4.79 Å². The third-order valence-electron chi connectivity index (χ3n) is 7.40. The lowest BCUT2D eigenvalue weighted by atomic mass is 10.0. The van der Waals surface area contributed by atoms with Gasteiger partial charge in [0.05, 0.1) is 30.3 Å². The molecule has 1 heterocycles. The highest BCUT2D eigenvalue weighted by molar-refractivity contribution is 7.89. The number of nitrogens with zero attached hydrogens (tertiary/aromatic N) is 1.